The monoisotopic (exact) mass is 323 g/mol. The van der Waals surface area contributed by atoms with Crippen molar-refractivity contribution < 1.29 is 19.1 Å². The van der Waals surface area contributed by atoms with E-state index in [0.717, 1.165) is 19.3 Å². The van der Waals surface area contributed by atoms with Gasteiger partial charge in [-0.25, -0.2) is 4.79 Å². The lowest BCUT2D eigenvalue weighted by Gasteiger charge is -2.32. The second-order valence-corrected chi connectivity index (χ2v) is 6.80. The van der Waals surface area contributed by atoms with Gasteiger partial charge in [0.15, 0.2) is 0 Å². The Kier molecular flexibility index (Phi) is 4.57. The van der Waals surface area contributed by atoms with Gasteiger partial charge in [-0.05, 0) is 19.8 Å². The number of nitrogens with zero attached hydrogens (tertiary/aromatic N) is 2. The molecule has 2 saturated heterocycles. The number of morpholine rings is 1. The van der Waals surface area contributed by atoms with Gasteiger partial charge in [-0.2, -0.15) is 0 Å². The zero-order valence-corrected chi connectivity index (χ0v) is 13.7. The molecule has 1 N–H and O–H groups in total. The van der Waals surface area contributed by atoms with Crippen LogP contribution in [0.1, 0.15) is 45.4 Å². The van der Waals surface area contributed by atoms with E-state index in [9.17, 15) is 14.4 Å². The Morgan fingerprint density at radius 2 is 2.04 bits per heavy atom. The van der Waals surface area contributed by atoms with Crippen molar-refractivity contribution in [1.82, 2.24) is 15.1 Å². The molecule has 0 bridgehead atoms. The Morgan fingerprint density at radius 1 is 1.30 bits per heavy atom. The van der Waals surface area contributed by atoms with Gasteiger partial charge in [0, 0.05) is 26.1 Å². The summed E-state index contributed by atoms with van der Waals surface area (Å²) >= 11 is 0. The third-order valence-corrected chi connectivity index (χ3v) is 5.10. The number of hydrogen-bond acceptors (Lipinski definition) is 4. The Balaban J connectivity index is 1.56. The lowest BCUT2D eigenvalue weighted by atomic mass is 9.82. The van der Waals surface area contributed by atoms with Gasteiger partial charge in [0.05, 0.1) is 12.7 Å². The van der Waals surface area contributed by atoms with E-state index < -0.39 is 5.54 Å². The molecular formula is C16H25N3O4. The van der Waals surface area contributed by atoms with E-state index in [-0.39, 0.29) is 36.9 Å². The summed E-state index contributed by atoms with van der Waals surface area (Å²) < 4.78 is 5.42. The van der Waals surface area contributed by atoms with Crippen LogP contribution in [0, 0.1) is 0 Å². The first-order valence-electron chi connectivity index (χ1n) is 8.55. The maximum atomic E-state index is 12.6. The maximum Gasteiger partial charge on any atom is 0.325 e. The van der Waals surface area contributed by atoms with Gasteiger partial charge in [0.1, 0.15) is 5.54 Å². The summed E-state index contributed by atoms with van der Waals surface area (Å²) in [6.07, 6.45) is 4.68. The number of carbonyl (C=O) groups is 3. The molecule has 3 fully saturated rings. The van der Waals surface area contributed by atoms with Crippen molar-refractivity contribution in [2.75, 3.05) is 26.2 Å². The largest absolute Gasteiger partial charge is 0.375 e. The first kappa shape index (κ1) is 16.2. The van der Waals surface area contributed by atoms with Crippen LogP contribution in [-0.2, 0) is 14.3 Å². The van der Waals surface area contributed by atoms with Crippen molar-refractivity contribution in [2.24, 2.45) is 0 Å². The quantitative estimate of drug-likeness (QED) is 0.782. The number of carbonyl (C=O) groups excluding carboxylic acids is 3. The van der Waals surface area contributed by atoms with Gasteiger partial charge in [-0.1, -0.05) is 19.3 Å². The van der Waals surface area contributed by atoms with Crippen LogP contribution in [0.25, 0.3) is 0 Å². The fourth-order valence-corrected chi connectivity index (χ4v) is 3.78. The molecule has 7 nitrogen and oxygen atoms in total. The topological polar surface area (TPSA) is 79.0 Å². The van der Waals surface area contributed by atoms with Crippen LogP contribution in [0.5, 0.6) is 0 Å². The fourth-order valence-electron chi connectivity index (χ4n) is 3.78. The molecule has 2 aliphatic heterocycles. The second-order valence-electron chi connectivity index (χ2n) is 6.80. The first-order chi connectivity index (χ1) is 11.0. The molecule has 3 aliphatic rings. The van der Waals surface area contributed by atoms with Crippen LogP contribution < -0.4 is 5.32 Å². The molecule has 128 valence electrons. The Hall–Kier alpha value is -1.63. The summed E-state index contributed by atoms with van der Waals surface area (Å²) in [5.74, 6) is -0.171. The van der Waals surface area contributed by atoms with E-state index in [4.69, 9.17) is 4.74 Å². The molecule has 1 unspecified atom stereocenters. The minimum atomic E-state index is -0.703. The van der Waals surface area contributed by atoms with Gasteiger partial charge < -0.3 is 15.0 Å². The average Bonchev–Trinajstić information content (AvgIpc) is 2.76. The molecule has 3 rings (SSSR count). The minimum absolute atomic E-state index is 0.0228. The number of imide groups is 1. The maximum absolute atomic E-state index is 12.6. The summed E-state index contributed by atoms with van der Waals surface area (Å²) in [5, 5.41) is 2.87. The van der Waals surface area contributed by atoms with Crippen molar-refractivity contribution in [2.45, 2.75) is 57.1 Å². The number of nitrogens with one attached hydrogen (secondary N) is 1. The third kappa shape index (κ3) is 3.20. The van der Waals surface area contributed by atoms with Gasteiger partial charge in [0.25, 0.3) is 5.91 Å². The molecule has 0 aromatic heterocycles. The highest BCUT2D eigenvalue weighted by Gasteiger charge is 2.51. The zero-order chi connectivity index (χ0) is 16.4. The van der Waals surface area contributed by atoms with Crippen LogP contribution in [0.2, 0.25) is 0 Å². The van der Waals surface area contributed by atoms with Crippen molar-refractivity contribution in [3.63, 3.8) is 0 Å². The van der Waals surface area contributed by atoms with E-state index in [1.54, 1.807) is 4.90 Å². The van der Waals surface area contributed by atoms with Crippen molar-refractivity contribution in [3.8, 4) is 0 Å². The average molecular weight is 323 g/mol. The van der Waals surface area contributed by atoms with Gasteiger partial charge >= 0.3 is 6.03 Å². The van der Waals surface area contributed by atoms with Crippen LogP contribution in [-0.4, -0.2) is 65.5 Å². The smallest absolute Gasteiger partial charge is 0.325 e. The second kappa shape index (κ2) is 6.47. The zero-order valence-electron chi connectivity index (χ0n) is 13.7. The van der Waals surface area contributed by atoms with Gasteiger partial charge in [0.2, 0.25) is 5.91 Å². The van der Waals surface area contributed by atoms with E-state index >= 15 is 0 Å². The van der Waals surface area contributed by atoms with Crippen molar-refractivity contribution in [3.05, 3.63) is 0 Å². The predicted molar refractivity (Wildman–Crippen MR) is 82.7 cm³/mol. The van der Waals surface area contributed by atoms with Crippen LogP contribution in [0.4, 0.5) is 4.79 Å². The highest BCUT2D eigenvalue weighted by molar-refractivity contribution is 6.07. The SMILES string of the molecule is CC1CN(C(=O)CCN2C(=O)NC3(CCCCC3)C2=O)CCO1. The standard InChI is InChI=1S/C16H25N3O4/c1-12-11-18(9-10-23-12)13(20)5-8-19-14(21)16(17-15(19)22)6-3-2-4-7-16/h12H,2-11H2,1H3,(H,17,22). The normalized spacial score (nSPS) is 27.4. The molecule has 2 heterocycles. The van der Waals surface area contributed by atoms with Gasteiger partial charge in [-0.15, -0.1) is 0 Å². The highest BCUT2D eigenvalue weighted by atomic mass is 16.5. The van der Waals surface area contributed by atoms with E-state index in [2.05, 4.69) is 5.32 Å². The summed E-state index contributed by atoms with van der Waals surface area (Å²) in [5.41, 5.74) is -0.703. The van der Waals surface area contributed by atoms with E-state index in [1.807, 2.05) is 6.92 Å². The molecule has 1 aliphatic carbocycles. The van der Waals surface area contributed by atoms with Crippen LogP contribution in [0.3, 0.4) is 0 Å². The Bertz CT molecular complexity index is 502. The molecule has 23 heavy (non-hydrogen) atoms. The van der Waals surface area contributed by atoms with Gasteiger partial charge in [-0.3, -0.25) is 14.5 Å². The summed E-state index contributed by atoms with van der Waals surface area (Å²) in [4.78, 5) is 40.0. The number of urea groups is 1. The Morgan fingerprint density at radius 3 is 2.74 bits per heavy atom. The molecule has 1 spiro atoms. The molecule has 4 amide bonds. The molecular weight excluding hydrogens is 298 g/mol. The van der Waals surface area contributed by atoms with Crippen LogP contribution in [0.15, 0.2) is 0 Å². The number of rotatable bonds is 3. The van der Waals surface area contributed by atoms with E-state index in [1.165, 1.54) is 4.90 Å². The summed E-state index contributed by atoms with van der Waals surface area (Å²) in [6.45, 7) is 3.79. The molecule has 1 atom stereocenters. The lowest BCUT2D eigenvalue weighted by Crippen LogP contribution is -2.48. The first-order valence-corrected chi connectivity index (χ1v) is 8.55. The molecule has 7 heteroatoms. The highest BCUT2D eigenvalue weighted by Crippen LogP contribution is 2.33. The summed E-state index contributed by atoms with van der Waals surface area (Å²) in [7, 11) is 0. The number of amides is 4. The lowest BCUT2D eigenvalue weighted by molar-refractivity contribution is -0.139. The number of hydrogen-bond donors (Lipinski definition) is 1. The fraction of sp³-hybridized carbons (Fsp3) is 0.812. The molecule has 0 radical (unpaired) electrons. The third-order valence-electron chi connectivity index (χ3n) is 5.10. The Labute approximate surface area is 136 Å². The molecule has 0 aromatic carbocycles. The summed E-state index contributed by atoms with van der Waals surface area (Å²) in [6, 6.07) is -0.347. The molecule has 1 saturated carbocycles. The molecule has 0 aromatic rings. The number of ether oxygens (including phenoxy) is 1. The van der Waals surface area contributed by atoms with Crippen molar-refractivity contribution in [1.29, 1.82) is 0 Å². The van der Waals surface area contributed by atoms with Crippen LogP contribution >= 0.6 is 0 Å². The van der Waals surface area contributed by atoms with E-state index in [0.29, 0.717) is 32.5 Å². The predicted octanol–water partition coefficient (Wildman–Crippen LogP) is 0.879. The minimum Gasteiger partial charge on any atom is -0.375 e. The van der Waals surface area contributed by atoms with Crippen molar-refractivity contribution >= 4 is 17.8 Å².